The largest absolute Gasteiger partial charge is 0.325 e. The van der Waals surface area contributed by atoms with E-state index in [2.05, 4.69) is 26.0 Å². The first-order chi connectivity index (χ1) is 11.7. The minimum atomic E-state index is -0.246. The summed E-state index contributed by atoms with van der Waals surface area (Å²) in [5.41, 5.74) is 3.21. The van der Waals surface area contributed by atoms with Crippen molar-refractivity contribution in [2.24, 2.45) is 0 Å². The molecule has 7 nitrogen and oxygen atoms in total. The van der Waals surface area contributed by atoms with Crippen molar-refractivity contribution in [3.63, 3.8) is 0 Å². The first-order valence-corrected chi connectivity index (χ1v) is 8.36. The molecule has 0 bridgehead atoms. The van der Waals surface area contributed by atoms with Crippen molar-refractivity contribution in [2.75, 3.05) is 16.4 Å². The van der Waals surface area contributed by atoms with Crippen molar-refractivity contribution in [3.8, 4) is 0 Å². The number of benzene rings is 2. The van der Waals surface area contributed by atoms with Crippen LogP contribution in [0.4, 0.5) is 11.4 Å². The zero-order chi connectivity index (χ0) is 16.5. The van der Waals surface area contributed by atoms with Gasteiger partial charge in [0.1, 0.15) is 11.0 Å². The van der Waals surface area contributed by atoms with Crippen molar-refractivity contribution in [1.29, 1.82) is 0 Å². The summed E-state index contributed by atoms with van der Waals surface area (Å²) < 4.78 is 0. The Morgan fingerprint density at radius 2 is 2.00 bits per heavy atom. The molecule has 0 fully saturated rings. The maximum atomic E-state index is 12.5. The number of fused-ring (bicyclic) bond motifs is 2. The molecule has 0 spiro atoms. The Kier molecular flexibility index (Phi) is 3.66. The number of H-pyrrole nitrogens is 1. The van der Waals surface area contributed by atoms with Gasteiger partial charge >= 0.3 is 0 Å². The van der Waals surface area contributed by atoms with Gasteiger partial charge in [-0.1, -0.05) is 0 Å². The van der Waals surface area contributed by atoms with E-state index in [-0.39, 0.29) is 11.8 Å². The molecule has 1 aromatic heterocycles. The molecule has 4 rings (SSSR count). The Bertz CT molecular complexity index is 953. The van der Waals surface area contributed by atoms with E-state index in [1.165, 1.54) is 0 Å². The minimum Gasteiger partial charge on any atom is -0.325 e. The highest BCUT2D eigenvalue weighted by atomic mass is 32.2. The molecular weight excluding hydrogens is 326 g/mol. The Morgan fingerprint density at radius 1 is 1.12 bits per heavy atom. The van der Waals surface area contributed by atoms with Gasteiger partial charge in [0.25, 0.3) is 5.91 Å². The van der Waals surface area contributed by atoms with Crippen LogP contribution in [0.3, 0.4) is 0 Å². The number of anilines is 2. The van der Waals surface area contributed by atoms with Crippen LogP contribution in [-0.2, 0) is 4.79 Å². The van der Waals surface area contributed by atoms with Crippen LogP contribution in [0.2, 0.25) is 0 Å². The standard InChI is InChI=1S/C16H13N5O2S/c22-15-5-6-24-14-4-1-9(7-13(14)18-15)16(23)17-10-2-3-11-12(8-10)20-21-19-11/h1-4,7-8H,5-6H2,(H,17,23)(H,18,22)(H,19,20,21). The van der Waals surface area contributed by atoms with Gasteiger partial charge in [0.2, 0.25) is 5.91 Å². The van der Waals surface area contributed by atoms with Crippen LogP contribution >= 0.6 is 11.8 Å². The van der Waals surface area contributed by atoms with E-state index in [1.54, 1.807) is 42.1 Å². The predicted octanol–water partition coefficient (Wildman–Crippen LogP) is 2.64. The van der Waals surface area contributed by atoms with Crippen LogP contribution in [-0.4, -0.2) is 33.0 Å². The van der Waals surface area contributed by atoms with E-state index in [4.69, 9.17) is 0 Å². The number of nitrogens with zero attached hydrogens (tertiary/aromatic N) is 2. The van der Waals surface area contributed by atoms with Crippen LogP contribution < -0.4 is 10.6 Å². The third-order valence-electron chi connectivity index (χ3n) is 3.68. The van der Waals surface area contributed by atoms with Gasteiger partial charge in [0.15, 0.2) is 0 Å². The minimum absolute atomic E-state index is 0.0321. The number of nitrogens with one attached hydrogen (secondary N) is 3. The molecule has 120 valence electrons. The van der Waals surface area contributed by atoms with Crippen molar-refractivity contribution >= 4 is 46.0 Å². The molecule has 3 N–H and O–H groups in total. The lowest BCUT2D eigenvalue weighted by molar-refractivity contribution is -0.115. The highest BCUT2D eigenvalue weighted by molar-refractivity contribution is 7.99. The van der Waals surface area contributed by atoms with Crippen molar-refractivity contribution < 1.29 is 9.59 Å². The SMILES string of the molecule is O=C1CCSc2ccc(C(=O)Nc3ccc4n[nH]nc4c3)cc2N1. The molecule has 2 aromatic carbocycles. The average Bonchev–Trinajstić information content (AvgIpc) is 2.95. The summed E-state index contributed by atoms with van der Waals surface area (Å²) in [7, 11) is 0. The summed E-state index contributed by atoms with van der Waals surface area (Å²) in [4.78, 5) is 25.1. The second kappa shape index (κ2) is 5.97. The van der Waals surface area contributed by atoms with Crippen LogP contribution in [0, 0.1) is 0 Å². The number of amides is 2. The lowest BCUT2D eigenvalue weighted by Gasteiger charge is -2.09. The summed E-state index contributed by atoms with van der Waals surface area (Å²) >= 11 is 1.61. The molecular formula is C16H13N5O2S. The lowest BCUT2D eigenvalue weighted by atomic mass is 10.1. The van der Waals surface area contributed by atoms with Gasteiger partial charge in [0.05, 0.1) is 5.69 Å². The highest BCUT2D eigenvalue weighted by Crippen LogP contribution is 2.31. The Hall–Kier alpha value is -2.87. The van der Waals surface area contributed by atoms with Crippen LogP contribution in [0.25, 0.3) is 11.0 Å². The normalized spacial score (nSPS) is 13.9. The van der Waals surface area contributed by atoms with E-state index >= 15 is 0 Å². The fraction of sp³-hybridized carbons (Fsp3) is 0.125. The topological polar surface area (TPSA) is 99.8 Å². The Balaban J connectivity index is 1.58. The highest BCUT2D eigenvalue weighted by Gasteiger charge is 2.16. The van der Waals surface area contributed by atoms with E-state index in [9.17, 15) is 9.59 Å². The summed E-state index contributed by atoms with van der Waals surface area (Å²) in [6, 6.07) is 10.6. The quantitative estimate of drug-likeness (QED) is 0.666. The molecule has 3 aromatic rings. The first-order valence-electron chi connectivity index (χ1n) is 7.38. The maximum absolute atomic E-state index is 12.5. The van der Waals surface area contributed by atoms with Gasteiger partial charge in [-0.15, -0.1) is 11.8 Å². The second-order valence-electron chi connectivity index (χ2n) is 5.34. The summed E-state index contributed by atoms with van der Waals surface area (Å²) in [5, 5.41) is 16.2. The molecule has 0 aliphatic carbocycles. The molecule has 1 aliphatic rings. The first kappa shape index (κ1) is 14.7. The monoisotopic (exact) mass is 339 g/mol. The average molecular weight is 339 g/mol. The Morgan fingerprint density at radius 3 is 2.92 bits per heavy atom. The predicted molar refractivity (Wildman–Crippen MR) is 92.3 cm³/mol. The van der Waals surface area contributed by atoms with Gasteiger partial charge in [0, 0.05) is 28.3 Å². The maximum Gasteiger partial charge on any atom is 0.255 e. The van der Waals surface area contributed by atoms with E-state index in [1.807, 2.05) is 6.07 Å². The van der Waals surface area contributed by atoms with E-state index in [0.717, 1.165) is 16.2 Å². The number of carbonyl (C=O) groups is 2. The number of rotatable bonds is 2. The molecule has 0 saturated heterocycles. The summed E-state index contributed by atoms with van der Waals surface area (Å²) in [6.07, 6.45) is 0.471. The van der Waals surface area contributed by atoms with Crippen LogP contribution in [0.5, 0.6) is 0 Å². The van der Waals surface area contributed by atoms with E-state index in [0.29, 0.717) is 28.9 Å². The zero-order valence-corrected chi connectivity index (χ0v) is 13.3. The van der Waals surface area contributed by atoms with Gasteiger partial charge < -0.3 is 10.6 Å². The molecule has 0 unspecified atom stereocenters. The van der Waals surface area contributed by atoms with Crippen LogP contribution in [0.15, 0.2) is 41.3 Å². The molecule has 8 heteroatoms. The number of aromatic nitrogens is 3. The summed E-state index contributed by atoms with van der Waals surface area (Å²) in [5.74, 6) is 0.460. The smallest absolute Gasteiger partial charge is 0.255 e. The fourth-order valence-corrected chi connectivity index (χ4v) is 3.42. The number of hydrogen-bond donors (Lipinski definition) is 3. The molecule has 0 saturated carbocycles. The number of carbonyl (C=O) groups excluding carboxylic acids is 2. The second-order valence-corrected chi connectivity index (χ2v) is 6.48. The van der Waals surface area contributed by atoms with E-state index < -0.39 is 0 Å². The van der Waals surface area contributed by atoms with Gasteiger partial charge in [-0.05, 0) is 36.4 Å². The Labute approximate surface area is 141 Å². The zero-order valence-electron chi connectivity index (χ0n) is 12.5. The fourth-order valence-electron chi connectivity index (χ4n) is 2.48. The lowest BCUT2D eigenvalue weighted by Crippen LogP contribution is -2.14. The molecule has 2 amide bonds. The molecule has 0 atom stereocenters. The third-order valence-corrected chi connectivity index (χ3v) is 4.75. The van der Waals surface area contributed by atoms with Gasteiger partial charge in [-0.25, -0.2) is 0 Å². The molecule has 1 aliphatic heterocycles. The van der Waals surface area contributed by atoms with Gasteiger partial charge in [-0.2, -0.15) is 15.4 Å². The van der Waals surface area contributed by atoms with Crippen molar-refractivity contribution in [3.05, 3.63) is 42.0 Å². The van der Waals surface area contributed by atoms with Crippen molar-refractivity contribution in [1.82, 2.24) is 15.4 Å². The van der Waals surface area contributed by atoms with Crippen molar-refractivity contribution in [2.45, 2.75) is 11.3 Å². The van der Waals surface area contributed by atoms with Gasteiger partial charge in [-0.3, -0.25) is 9.59 Å². The number of thioether (sulfide) groups is 1. The molecule has 2 heterocycles. The van der Waals surface area contributed by atoms with Crippen LogP contribution in [0.1, 0.15) is 16.8 Å². The number of hydrogen-bond acceptors (Lipinski definition) is 5. The third kappa shape index (κ3) is 2.83. The summed E-state index contributed by atoms with van der Waals surface area (Å²) in [6.45, 7) is 0. The number of aromatic amines is 1. The molecule has 0 radical (unpaired) electrons. The molecule has 24 heavy (non-hydrogen) atoms.